The first-order valence-electron chi connectivity index (χ1n) is 9.24. The molecule has 0 saturated heterocycles. The summed E-state index contributed by atoms with van der Waals surface area (Å²) in [5.41, 5.74) is 13.8. The number of nitrogens with two attached hydrogens (primary N) is 3. The van der Waals surface area contributed by atoms with E-state index in [0.717, 1.165) is 21.7 Å². The lowest BCUT2D eigenvalue weighted by Crippen LogP contribution is -2.37. The van der Waals surface area contributed by atoms with Crippen molar-refractivity contribution < 1.29 is 9.18 Å². The summed E-state index contributed by atoms with van der Waals surface area (Å²) in [5.74, 6) is 5.36. The van der Waals surface area contributed by atoms with E-state index in [1.807, 2.05) is 71.9 Å². The molecule has 0 spiro atoms. The van der Waals surface area contributed by atoms with Crippen molar-refractivity contribution in [2.75, 3.05) is 7.18 Å². The normalized spacial score (nSPS) is 9.32. The minimum absolute atomic E-state index is 0.339. The summed E-state index contributed by atoms with van der Waals surface area (Å²) >= 11 is 0. The number of amides is 2. The fourth-order valence-electron chi connectivity index (χ4n) is 1.55. The average molecular weight is 395 g/mol. The quantitative estimate of drug-likeness (QED) is 0.262. The van der Waals surface area contributed by atoms with Gasteiger partial charge in [0.25, 0.3) is 0 Å². The predicted octanol–water partition coefficient (Wildman–Crippen LogP) is 5.62. The van der Waals surface area contributed by atoms with Crippen LogP contribution >= 0.6 is 0 Å². The second-order valence-electron chi connectivity index (χ2n) is 3.97. The number of halogens is 1. The van der Waals surface area contributed by atoms with Crippen LogP contribution in [0.1, 0.15) is 52.7 Å². The third-order valence-corrected chi connectivity index (χ3v) is 2.60. The van der Waals surface area contributed by atoms with Gasteiger partial charge in [-0.15, -0.1) is 0 Å². The largest absolute Gasteiger partial charge is 0.397 e. The van der Waals surface area contributed by atoms with Crippen LogP contribution in [-0.4, -0.2) is 18.2 Å². The van der Waals surface area contributed by atoms with Crippen LogP contribution in [-0.2, 0) is 0 Å². The predicted molar refractivity (Wildman–Crippen MR) is 124 cm³/mol. The maximum atomic E-state index is 10.8. The van der Waals surface area contributed by atoms with Crippen LogP contribution in [0.5, 0.6) is 0 Å². The Bertz CT molecular complexity index is 579. The van der Waals surface area contributed by atoms with Crippen LogP contribution < -0.4 is 17.3 Å². The number of primary amides is 1. The summed E-state index contributed by atoms with van der Waals surface area (Å²) in [6, 6.07) is 6.62. The molecule has 0 aromatic heterocycles. The van der Waals surface area contributed by atoms with Gasteiger partial charge in [0.05, 0.1) is 12.9 Å². The number of allylic oxidation sites excluding steroid dienone is 4. The Labute approximate surface area is 171 Å². The molecule has 0 unspecified atom stereocenters. The Balaban J connectivity index is -0.000000318. The Hall–Kier alpha value is -2.86. The number of benzene rings is 1. The van der Waals surface area contributed by atoms with Crippen molar-refractivity contribution in [1.29, 1.82) is 0 Å². The van der Waals surface area contributed by atoms with Gasteiger partial charge in [-0.2, -0.15) is 0 Å². The van der Waals surface area contributed by atoms with E-state index in [-0.39, 0.29) is 0 Å². The Morgan fingerprint density at radius 2 is 1.32 bits per heavy atom. The molecule has 6 heteroatoms. The molecule has 0 heterocycles. The number of hydrogen-bond acceptors (Lipinski definition) is 3. The van der Waals surface area contributed by atoms with Gasteiger partial charge in [0.1, 0.15) is 0 Å². The zero-order chi connectivity index (χ0) is 23.1. The highest BCUT2D eigenvalue weighted by molar-refractivity contribution is 5.77. The smallest absolute Gasteiger partial charge is 0.333 e. The summed E-state index contributed by atoms with van der Waals surface area (Å²) in [6.45, 7) is 19.4. The van der Waals surface area contributed by atoms with Gasteiger partial charge in [-0.1, -0.05) is 97.2 Å². The van der Waals surface area contributed by atoms with Gasteiger partial charge in [0.15, 0.2) is 0 Å². The lowest BCUT2D eigenvalue weighted by Gasteiger charge is -2.10. The highest BCUT2D eigenvalue weighted by Crippen LogP contribution is 2.18. The van der Waals surface area contributed by atoms with E-state index in [9.17, 15) is 9.18 Å². The topological polar surface area (TPSA) is 98.4 Å². The number of hydrogen-bond donors (Lipinski definition) is 3. The molecule has 1 rings (SSSR count). The van der Waals surface area contributed by atoms with Gasteiger partial charge in [-0.25, -0.2) is 15.6 Å². The molecule has 0 aliphatic heterocycles. The van der Waals surface area contributed by atoms with Crippen LogP contribution in [0.4, 0.5) is 9.18 Å². The van der Waals surface area contributed by atoms with E-state index in [1.54, 1.807) is 12.2 Å². The van der Waals surface area contributed by atoms with Crippen molar-refractivity contribution in [3.63, 3.8) is 0 Å². The SMILES string of the molecule is C=C/C=C(\C=C)c1ccc(/C(N)=C/N(N)C(N)=O)cc1.CC.CC.CC.CF. The zero-order valence-corrected chi connectivity index (χ0v) is 18.5. The van der Waals surface area contributed by atoms with Crippen LogP contribution in [0.2, 0.25) is 0 Å². The maximum absolute atomic E-state index is 10.8. The lowest BCUT2D eigenvalue weighted by molar-refractivity contribution is 0.225. The molecule has 0 aliphatic carbocycles. The van der Waals surface area contributed by atoms with Crippen LogP contribution in [0.15, 0.2) is 61.9 Å². The van der Waals surface area contributed by atoms with Crippen LogP contribution in [0, 0.1) is 0 Å². The highest BCUT2D eigenvalue weighted by atomic mass is 19.1. The third kappa shape index (κ3) is 14.3. The van der Waals surface area contributed by atoms with E-state index in [0.29, 0.717) is 12.9 Å². The van der Waals surface area contributed by atoms with Gasteiger partial charge in [-0.3, -0.25) is 4.39 Å². The Morgan fingerprint density at radius 3 is 1.64 bits per heavy atom. The first kappa shape index (κ1) is 32.8. The Morgan fingerprint density at radius 1 is 0.929 bits per heavy atom. The first-order valence-corrected chi connectivity index (χ1v) is 9.24. The molecular weight excluding hydrogens is 355 g/mol. The number of alkyl halides is 1. The van der Waals surface area contributed by atoms with Gasteiger partial charge in [-0.05, 0) is 16.7 Å². The number of rotatable bonds is 5. The number of urea groups is 1. The molecule has 28 heavy (non-hydrogen) atoms. The molecule has 0 saturated carbocycles. The van der Waals surface area contributed by atoms with Gasteiger partial charge in [0, 0.05) is 6.20 Å². The molecule has 160 valence electrons. The molecule has 0 atom stereocenters. The summed E-state index contributed by atoms with van der Waals surface area (Å²) in [6.07, 6.45) is 6.56. The fourth-order valence-corrected chi connectivity index (χ4v) is 1.55. The first-order chi connectivity index (χ1) is 13.5. The monoisotopic (exact) mass is 394 g/mol. The fraction of sp³-hybridized carbons (Fsp3) is 0.318. The minimum Gasteiger partial charge on any atom is -0.397 e. The Kier molecular flexibility index (Phi) is 28.3. The van der Waals surface area contributed by atoms with E-state index in [4.69, 9.17) is 17.3 Å². The van der Waals surface area contributed by atoms with Gasteiger partial charge >= 0.3 is 6.03 Å². The summed E-state index contributed by atoms with van der Waals surface area (Å²) in [7, 11) is 0.500. The minimum atomic E-state index is -0.785. The van der Waals surface area contributed by atoms with Crippen molar-refractivity contribution in [3.8, 4) is 0 Å². The molecular formula is C22H39FN4O. The maximum Gasteiger partial charge on any atom is 0.333 e. The zero-order valence-electron chi connectivity index (χ0n) is 18.5. The second-order valence-corrected chi connectivity index (χ2v) is 3.97. The van der Waals surface area contributed by atoms with Crippen LogP contribution in [0.25, 0.3) is 11.3 Å². The molecule has 6 N–H and O–H groups in total. The van der Waals surface area contributed by atoms with Crippen molar-refractivity contribution >= 4 is 17.3 Å². The summed E-state index contributed by atoms with van der Waals surface area (Å²) < 4.78 is 9.50. The van der Waals surface area contributed by atoms with E-state index in [2.05, 4.69) is 13.2 Å². The van der Waals surface area contributed by atoms with Crippen molar-refractivity contribution in [2.24, 2.45) is 17.3 Å². The molecule has 0 aliphatic rings. The molecule has 1 aromatic rings. The van der Waals surface area contributed by atoms with E-state index in [1.165, 1.54) is 6.20 Å². The highest BCUT2D eigenvalue weighted by Gasteiger charge is 2.04. The summed E-state index contributed by atoms with van der Waals surface area (Å²) in [5, 5.41) is 0.732. The van der Waals surface area contributed by atoms with Gasteiger partial charge in [0.2, 0.25) is 0 Å². The molecule has 0 radical (unpaired) electrons. The number of nitrogens with zero attached hydrogens (tertiary/aromatic N) is 1. The molecule has 0 bridgehead atoms. The lowest BCUT2D eigenvalue weighted by atomic mass is 10.0. The number of carbonyl (C=O) groups is 1. The standard InChI is InChI=1S/C15H18N4O.3C2H6.CH3F/c1-3-5-11(4-2)12-6-8-13(9-7-12)14(16)10-19(18)15(17)20;4*1-2/h3-10H,1-2,16,18H2,(H2,17,20);3*1-2H3;1H3/b11-5+,14-10-;;;;. The molecule has 2 amide bonds. The summed E-state index contributed by atoms with van der Waals surface area (Å²) in [4.78, 5) is 10.8. The van der Waals surface area contributed by atoms with Crippen molar-refractivity contribution in [2.45, 2.75) is 41.5 Å². The number of hydrazine groups is 1. The number of carbonyl (C=O) groups excluding carboxylic acids is 1. The van der Waals surface area contributed by atoms with Crippen LogP contribution in [0.3, 0.4) is 0 Å². The average Bonchev–Trinajstić information content (AvgIpc) is 2.77. The van der Waals surface area contributed by atoms with E-state index >= 15 is 0 Å². The molecule has 1 aromatic carbocycles. The third-order valence-electron chi connectivity index (χ3n) is 2.60. The van der Waals surface area contributed by atoms with Gasteiger partial charge < -0.3 is 11.5 Å². The van der Waals surface area contributed by atoms with E-state index < -0.39 is 6.03 Å². The molecule has 5 nitrogen and oxygen atoms in total. The van der Waals surface area contributed by atoms with Crippen molar-refractivity contribution in [1.82, 2.24) is 5.01 Å². The second kappa shape index (κ2) is 24.1. The molecule has 0 fully saturated rings. The van der Waals surface area contributed by atoms with Crippen molar-refractivity contribution in [3.05, 3.63) is 73.0 Å².